The molecule has 3 heterocycles. The van der Waals surface area contributed by atoms with Crippen LogP contribution >= 0.6 is 11.3 Å². The predicted octanol–water partition coefficient (Wildman–Crippen LogP) is 2.17. The van der Waals surface area contributed by atoms with E-state index in [0.29, 0.717) is 6.54 Å². The van der Waals surface area contributed by atoms with Crippen molar-refractivity contribution >= 4 is 27.3 Å². The minimum Gasteiger partial charge on any atom is -0.475 e. The first kappa shape index (κ1) is 22.1. The third-order valence-electron chi connectivity index (χ3n) is 4.80. The zero-order chi connectivity index (χ0) is 20.3. The average Bonchev–Trinajstić information content (AvgIpc) is 3.19. The van der Waals surface area contributed by atoms with Gasteiger partial charge >= 0.3 is 12.1 Å². The summed E-state index contributed by atoms with van der Waals surface area (Å²) in [6.07, 6.45) is 2.03. The number of hydrogen-bond acceptors (Lipinski definition) is 6. The van der Waals surface area contributed by atoms with Gasteiger partial charge in [-0.1, -0.05) is 0 Å². The van der Waals surface area contributed by atoms with Crippen LogP contribution in [0.15, 0.2) is 11.6 Å². The van der Waals surface area contributed by atoms with Crippen molar-refractivity contribution in [2.75, 3.05) is 25.9 Å². The first-order valence-corrected chi connectivity index (χ1v) is 11.1. The molecular weight excluding hydrogens is 407 g/mol. The summed E-state index contributed by atoms with van der Waals surface area (Å²) in [5.74, 6) is -2.76. The Labute approximate surface area is 159 Å². The van der Waals surface area contributed by atoms with Crippen molar-refractivity contribution < 1.29 is 31.5 Å². The van der Waals surface area contributed by atoms with E-state index in [1.807, 2.05) is 11.6 Å². The molecule has 2 aliphatic heterocycles. The highest BCUT2D eigenvalue weighted by Crippen LogP contribution is 2.40. The van der Waals surface area contributed by atoms with Gasteiger partial charge in [-0.25, -0.2) is 18.2 Å². The van der Waals surface area contributed by atoms with Crippen LogP contribution in [0.5, 0.6) is 0 Å². The molecule has 1 N–H and O–H groups in total. The highest BCUT2D eigenvalue weighted by atomic mass is 32.2. The van der Waals surface area contributed by atoms with Gasteiger partial charge in [0.2, 0.25) is 10.0 Å². The van der Waals surface area contributed by atoms with Gasteiger partial charge in [-0.05, 0) is 25.7 Å². The summed E-state index contributed by atoms with van der Waals surface area (Å²) < 4.78 is 57.4. The summed E-state index contributed by atoms with van der Waals surface area (Å²) in [5, 5.41) is 10.3. The van der Waals surface area contributed by atoms with Crippen molar-refractivity contribution in [3.8, 4) is 0 Å². The highest BCUT2D eigenvalue weighted by molar-refractivity contribution is 7.88. The number of carboxylic acids is 1. The Morgan fingerprint density at radius 1 is 1.30 bits per heavy atom. The maximum Gasteiger partial charge on any atom is 0.490 e. The Balaban J connectivity index is 0.000000321. The summed E-state index contributed by atoms with van der Waals surface area (Å²) in [5.41, 5.74) is -0.104. The number of likely N-dealkylation sites (tertiary alicyclic amines) is 1. The molecule has 0 aliphatic carbocycles. The number of halogens is 3. The van der Waals surface area contributed by atoms with Gasteiger partial charge in [0.15, 0.2) is 0 Å². The molecule has 12 heteroatoms. The fourth-order valence-electron chi connectivity index (χ4n) is 3.58. The molecule has 0 aromatic carbocycles. The molecule has 1 aromatic rings. The van der Waals surface area contributed by atoms with Crippen LogP contribution < -0.4 is 0 Å². The van der Waals surface area contributed by atoms with Gasteiger partial charge in [0, 0.05) is 36.8 Å². The lowest BCUT2D eigenvalue weighted by Gasteiger charge is -2.43. The summed E-state index contributed by atoms with van der Waals surface area (Å²) >= 11 is 1.69. The second kappa shape index (κ2) is 8.41. The van der Waals surface area contributed by atoms with Gasteiger partial charge in [0.1, 0.15) is 5.01 Å². The van der Waals surface area contributed by atoms with E-state index in [4.69, 9.17) is 9.90 Å². The van der Waals surface area contributed by atoms with Gasteiger partial charge in [-0.2, -0.15) is 17.5 Å². The maximum absolute atomic E-state index is 11.9. The Morgan fingerprint density at radius 2 is 1.89 bits per heavy atom. The van der Waals surface area contributed by atoms with Gasteiger partial charge in [-0.3, -0.25) is 4.90 Å². The van der Waals surface area contributed by atoms with Crippen LogP contribution in [0, 0.1) is 0 Å². The van der Waals surface area contributed by atoms with E-state index in [0.717, 1.165) is 50.3 Å². The van der Waals surface area contributed by atoms with Crippen molar-refractivity contribution in [3.05, 3.63) is 16.6 Å². The fraction of sp³-hybridized carbons (Fsp3) is 0.733. The van der Waals surface area contributed by atoms with Crippen LogP contribution in [0.25, 0.3) is 0 Å². The first-order valence-electron chi connectivity index (χ1n) is 8.33. The molecule has 0 unspecified atom stereocenters. The van der Waals surface area contributed by atoms with Crippen LogP contribution in [0.2, 0.25) is 0 Å². The predicted molar refractivity (Wildman–Crippen MR) is 93.8 cm³/mol. The topological polar surface area (TPSA) is 90.8 Å². The standard InChI is InChI=1S/C13H21N3O2S2.C2HF3O2/c1-20(17,18)16-7-2-3-13(16)4-8-15(9-5-13)11-12-14-6-10-19-12;3-2(4,5)1(6)7/h6,10H,2-5,7-9,11H2,1H3;(H,6,7). The van der Waals surface area contributed by atoms with E-state index in [9.17, 15) is 21.6 Å². The van der Waals surface area contributed by atoms with Gasteiger partial charge in [-0.15, -0.1) is 11.3 Å². The molecule has 1 aromatic heterocycles. The number of nitrogens with zero attached hydrogens (tertiary/aromatic N) is 3. The summed E-state index contributed by atoms with van der Waals surface area (Å²) in [7, 11) is -3.07. The number of hydrogen-bond donors (Lipinski definition) is 1. The van der Waals surface area contributed by atoms with Crippen molar-refractivity contribution in [2.24, 2.45) is 0 Å². The number of aromatic nitrogens is 1. The van der Waals surface area contributed by atoms with Crippen LogP contribution in [0.4, 0.5) is 13.2 Å². The summed E-state index contributed by atoms with van der Waals surface area (Å²) in [6, 6.07) is 0. The lowest BCUT2D eigenvalue weighted by molar-refractivity contribution is -0.192. The smallest absolute Gasteiger partial charge is 0.475 e. The third kappa shape index (κ3) is 5.87. The van der Waals surface area contributed by atoms with Crippen LogP contribution in [0.1, 0.15) is 30.7 Å². The van der Waals surface area contributed by atoms with Crippen LogP contribution in [-0.4, -0.2) is 71.3 Å². The number of piperidine rings is 1. The quantitative estimate of drug-likeness (QED) is 0.792. The van der Waals surface area contributed by atoms with Gasteiger partial charge in [0.25, 0.3) is 0 Å². The molecule has 1 spiro atoms. The normalized spacial score (nSPS) is 21.0. The lowest BCUT2D eigenvalue weighted by atomic mass is 9.86. The van der Waals surface area contributed by atoms with Crippen LogP contribution in [-0.2, 0) is 21.4 Å². The third-order valence-corrected chi connectivity index (χ3v) is 6.94. The van der Waals surface area contributed by atoms with Crippen molar-refractivity contribution in [2.45, 2.75) is 43.9 Å². The second-order valence-electron chi connectivity index (χ2n) is 6.67. The molecule has 2 aliphatic rings. The highest BCUT2D eigenvalue weighted by Gasteiger charge is 2.47. The second-order valence-corrected chi connectivity index (χ2v) is 9.55. The zero-order valence-electron chi connectivity index (χ0n) is 14.8. The van der Waals surface area contributed by atoms with Crippen molar-refractivity contribution in [1.29, 1.82) is 0 Å². The number of thiazole rings is 1. The lowest BCUT2D eigenvalue weighted by Crippen LogP contribution is -2.53. The SMILES string of the molecule is CS(=O)(=O)N1CCCC12CCN(Cc1nccs1)CC2.O=C(O)C(F)(F)F. The van der Waals surface area contributed by atoms with Crippen molar-refractivity contribution in [1.82, 2.24) is 14.2 Å². The minimum atomic E-state index is -5.08. The molecule has 7 nitrogen and oxygen atoms in total. The number of carbonyl (C=O) groups is 1. The minimum absolute atomic E-state index is 0.104. The van der Waals surface area contributed by atoms with Crippen LogP contribution in [0.3, 0.4) is 0 Å². The largest absolute Gasteiger partial charge is 0.490 e. The molecule has 0 atom stereocenters. The average molecular weight is 429 g/mol. The fourth-order valence-corrected chi connectivity index (χ4v) is 5.68. The summed E-state index contributed by atoms with van der Waals surface area (Å²) in [6.45, 7) is 3.52. The number of alkyl halides is 3. The number of aliphatic carboxylic acids is 1. The van der Waals surface area contributed by atoms with E-state index < -0.39 is 22.2 Å². The Bertz CT molecular complexity index is 730. The molecule has 2 fully saturated rings. The molecule has 0 saturated carbocycles. The molecule has 154 valence electrons. The molecule has 0 amide bonds. The Kier molecular flexibility index (Phi) is 6.87. The monoisotopic (exact) mass is 429 g/mol. The van der Waals surface area contributed by atoms with E-state index in [2.05, 4.69) is 9.88 Å². The van der Waals surface area contributed by atoms with Gasteiger partial charge in [0.05, 0.1) is 12.8 Å². The summed E-state index contributed by atoms with van der Waals surface area (Å²) in [4.78, 5) is 15.6. The molecule has 3 rings (SSSR count). The number of carboxylic acid groups (broad SMARTS) is 1. The molecule has 2 saturated heterocycles. The van der Waals surface area contributed by atoms with E-state index in [1.165, 1.54) is 6.26 Å². The number of sulfonamides is 1. The van der Waals surface area contributed by atoms with E-state index in [-0.39, 0.29) is 5.54 Å². The zero-order valence-corrected chi connectivity index (χ0v) is 16.4. The molecule has 0 radical (unpaired) electrons. The Hall–Kier alpha value is -1.24. The van der Waals surface area contributed by atoms with E-state index >= 15 is 0 Å². The first-order chi connectivity index (χ1) is 12.4. The molecule has 27 heavy (non-hydrogen) atoms. The Morgan fingerprint density at radius 3 is 2.33 bits per heavy atom. The molecule has 0 bridgehead atoms. The van der Waals surface area contributed by atoms with Gasteiger partial charge < -0.3 is 5.11 Å². The molecular formula is C15H22F3N3O4S2. The van der Waals surface area contributed by atoms with E-state index in [1.54, 1.807) is 15.6 Å². The maximum atomic E-state index is 11.9. The number of rotatable bonds is 3. The van der Waals surface area contributed by atoms with Crippen molar-refractivity contribution in [3.63, 3.8) is 0 Å².